The normalized spacial score (nSPS) is 17.6. The highest BCUT2D eigenvalue weighted by Crippen LogP contribution is 2.37. The van der Waals surface area contributed by atoms with E-state index in [1.54, 1.807) is 18.2 Å². The topological polar surface area (TPSA) is 23.5 Å². The average Bonchev–Trinajstić information content (AvgIpc) is 2.46. The lowest BCUT2D eigenvalue weighted by molar-refractivity contribution is 0.469. The van der Waals surface area contributed by atoms with Crippen LogP contribution in [0, 0.1) is 5.82 Å². The Morgan fingerprint density at radius 2 is 2.05 bits per heavy atom. The Balaban J connectivity index is 1.97. The largest absolute Gasteiger partial charge is 0.508 e. The van der Waals surface area contributed by atoms with E-state index in [1.165, 1.54) is 11.6 Å². The van der Waals surface area contributed by atoms with E-state index in [9.17, 15) is 9.50 Å². The summed E-state index contributed by atoms with van der Waals surface area (Å²) in [6, 6.07) is 12.4. The summed E-state index contributed by atoms with van der Waals surface area (Å²) in [5, 5.41) is 9.72. The van der Waals surface area contributed by atoms with Crippen LogP contribution < -0.4 is 4.90 Å². The Morgan fingerprint density at radius 1 is 1.20 bits per heavy atom. The van der Waals surface area contributed by atoms with Crippen LogP contribution in [0.2, 0.25) is 0 Å². The van der Waals surface area contributed by atoms with Crippen LogP contribution in [0.15, 0.2) is 42.5 Å². The summed E-state index contributed by atoms with van der Waals surface area (Å²) in [6.07, 6.45) is 3.18. The molecule has 2 aromatic carbocycles. The van der Waals surface area contributed by atoms with Crippen LogP contribution in [0.4, 0.5) is 10.1 Å². The monoisotopic (exact) mass is 271 g/mol. The van der Waals surface area contributed by atoms with Crippen molar-refractivity contribution >= 4 is 5.69 Å². The van der Waals surface area contributed by atoms with E-state index in [4.69, 9.17) is 0 Å². The number of hydrogen-bond donors (Lipinski definition) is 1. The molecule has 0 saturated carbocycles. The molecule has 1 N–H and O–H groups in total. The van der Waals surface area contributed by atoms with Crippen molar-refractivity contribution < 1.29 is 9.50 Å². The quantitative estimate of drug-likeness (QED) is 0.891. The molecule has 0 aromatic heterocycles. The van der Waals surface area contributed by atoms with Crippen molar-refractivity contribution in [2.45, 2.75) is 25.3 Å². The van der Waals surface area contributed by atoms with Crippen molar-refractivity contribution in [3.8, 4) is 5.75 Å². The molecule has 1 aliphatic carbocycles. The lowest BCUT2D eigenvalue weighted by atomic mass is 9.86. The van der Waals surface area contributed by atoms with Crippen LogP contribution in [-0.4, -0.2) is 12.2 Å². The molecule has 2 nitrogen and oxygen atoms in total. The summed E-state index contributed by atoms with van der Waals surface area (Å²) in [5.41, 5.74) is 3.30. The second kappa shape index (κ2) is 5.16. The highest BCUT2D eigenvalue weighted by atomic mass is 19.1. The predicted molar refractivity (Wildman–Crippen MR) is 78.6 cm³/mol. The van der Waals surface area contributed by atoms with Gasteiger partial charge in [-0.25, -0.2) is 4.39 Å². The Morgan fingerprint density at radius 3 is 2.85 bits per heavy atom. The maximum absolute atomic E-state index is 13.4. The van der Waals surface area contributed by atoms with Crippen molar-refractivity contribution in [2.24, 2.45) is 0 Å². The fourth-order valence-corrected chi connectivity index (χ4v) is 3.04. The van der Waals surface area contributed by atoms with Crippen LogP contribution in [0.25, 0.3) is 0 Å². The molecule has 20 heavy (non-hydrogen) atoms. The van der Waals surface area contributed by atoms with E-state index in [0.717, 1.165) is 30.5 Å². The van der Waals surface area contributed by atoms with E-state index >= 15 is 0 Å². The van der Waals surface area contributed by atoms with Crippen molar-refractivity contribution in [3.63, 3.8) is 0 Å². The molecule has 104 valence electrons. The second-order valence-electron chi connectivity index (χ2n) is 5.38. The zero-order valence-corrected chi connectivity index (χ0v) is 11.5. The Labute approximate surface area is 118 Å². The van der Waals surface area contributed by atoms with Crippen molar-refractivity contribution in [3.05, 3.63) is 59.4 Å². The van der Waals surface area contributed by atoms with Crippen LogP contribution in [0.1, 0.15) is 30.0 Å². The van der Waals surface area contributed by atoms with E-state index in [2.05, 4.69) is 4.90 Å². The first kappa shape index (κ1) is 13.0. The minimum absolute atomic E-state index is 0.188. The molecule has 0 aliphatic heterocycles. The fraction of sp³-hybridized carbons (Fsp3) is 0.294. The van der Waals surface area contributed by atoms with Gasteiger partial charge in [0, 0.05) is 12.7 Å². The van der Waals surface area contributed by atoms with Crippen LogP contribution in [0.3, 0.4) is 0 Å². The number of aryl methyl sites for hydroxylation is 1. The smallest absolute Gasteiger partial charge is 0.125 e. The third-order valence-corrected chi connectivity index (χ3v) is 4.10. The Kier molecular flexibility index (Phi) is 3.35. The molecule has 3 heteroatoms. The summed E-state index contributed by atoms with van der Waals surface area (Å²) < 4.78 is 13.4. The van der Waals surface area contributed by atoms with Gasteiger partial charge < -0.3 is 10.0 Å². The Bertz CT molecular complexity index is 626. The highest BCUT2D eigenvalue weighted by molar-refractivity contribution is 5.50. The van der Waals surface area contributed by atoms with Crippen LogP contribution in [0.5, 0.6) is 5.75 Å². The molecule has 1 atom stereocenters. The van der Waals surface area contributed by atoms with E-state index in [0.29, 0.717) is 5.75 Å². The number of halogens is 1. The van der Waals surface area contributed by atoms with Crippen molar-refractivity contribution in [1.29, 1.82) is 0 Å². The van der Waals surface area contributed by atoms with Gasteiger partial charge >= 0.3 is 0 Å². The van der Waals surface area contributed by atoms with Gasteiger partial charge in [-0.05, 0) is 60.7 Å². The van der Waals surface area contributed by atoms with E-state index in [-0.39, 0.29) is 11.9 Å². The standard InChI is InChI=1S/C17H18FNO/c1-19(14-6-3-5-13(18)10-14)17-7-2-4-12-8-9-15(20)11-16(12)17/h3,5-6,8-11,17,20H,2,4,7H2,1H3. The summed E-state index contributed by atoms with van der Waals surface area (Å²) in [7, 11) is 1.98. The zero-order chi connectivity index (χ0) is 14.1. The van der Waals surface area contributed by atoms with Gasteiger partial charge in [-0.3, -0.25) is 0 Å². The molecule has 0 spiro atoms. The number of phenols is 1. The SMILES string of the molecule is CN(c1cccc(F)c1)C1CCCc2ccc(O)cc21. The first-order valence-electron chi connectivity index (χ1n) is 6.95. The fourth-order valence-electron chi connectivity index (χ4n) is 3.04. The van der Waals surface area contributed by atoms with Gasteiger partial charge in [0.05, 0.1) is 6.04 Å². The van der Waals surface area contributed by atoms with Gasteiger partial charge in [-0.1, -0.05) is 12.1 Å². The molecule has 0 amide bonds. The number of aromatic hydroxyl groups is 1. The third kappa shape index (κ3) is 2.36. The molecular weight excluding hydrogens is 253 g/mol. The third-order valence-electron chi connectivity index (χ3n) is 4.10. The van der Waals surface area contributed by atoms with Gasteiger partial charge in [-0.2, -0.15) is 0 Å². The minimum Gasteiger partial charge on any atom is -0.508 e. The molecule has 3 rings (SSSR count). The average molecular weight is 271 g/mol. The van der Waals surface area contributed by atoms with Gasteiger partial charge in [0.2, 0.25) is 0 Å². The lowest BCUT2D eigenvalue weighted by Gasteiger charge is -2.35. The number of nitrogens with zero attached hydrogens (tertiary/aromatic N) is 1. The van der Waals surface area contributed by atoms with Gasteiger partial charge in [0.15, 0.2) is 0 Å². The minimum atomic E-state index is -0.221. The maximum Gasteiger partial charge on any atom is 0.125 e. The molecule has 0 fully saturated rings. The zero-order valence-electron chi connectivity index (χ0n) is 11.5. The van der Waals surface area contributed by atoms with Crippen molar-refractivity contribution in [1.82, 2.24) is 0 Å². The van der Waals surface area contributed by atoms with E-state index in [1.807, 2.05) is 25.2 Å². The first-order valence-corrected chi connectivity index (χ1v) is 6.95. The molecule has 1 unspecified atom stereocenters. The van der Waals surface area contributed by atoms with Crippen molar-refractivity contribution in [2.75, 3.05) is 11.9 Å². The van der Waals surface area contributed by atoms with Gasteiger partial charge in [0.1, 0.15) is 11.6 Å². The van der Waals surface area contributed by atoms with Crippen LogP contribution >= 0.6 is 0 Å². The highest BCUT2D eigenvalue weighted by Gasteiger charge is 2.24. The molecule has 0 heterocycles. The van der Waals surface area contributed by atoms with Gasteiger partial charge in [-0.15, -0.1) is 0 Å². The summed E-state index contributed by atoms with van der Waals surface area (Å²) >= 11 is 0. The van der Waals surface area contributed by atoms with E-state index < -0.39 is 0 Å². The summed E-state index contributed by atoms with van der Waals surface area (Å²) in [6.45, 7) is 0. The molecule has 0 radical (unpaired) electrons. The number of fused-ring (bicyclic) bond motifs is 1. The lowest BCUT2D eigenvalue weighted by Crippen LogP contribution is -2.27. The summed E-state index contributed by atoms with van der Waals surface area (Å²) in [4.78, 5) is 2.10. The maximum atomic E-state index is 13.4. The number of hydrogen-bond acceptors (Lipinski definition) is 2. The summed E-state index contributed by atoms with van der Waals surface area (Å²) in [5.74, 6) is 0.0737. The number of phenolic OH excluding ortho intramolecular Hbond substituents is 1. The second-order valence-corrected chi connectivity index (χ2v) is 5.38. The number of benzene rings is 2. The molecule has 0 saturated heterocycles. The Hall–Kier alpha value is -2.03. The molecule has 1 aliphatic rings. The van der Waals surface area contributed by atoms with Gasteiger partial charge in [0.25, 0.3) is 0 Å². The predicted octanol–water partition coefficient (Wildman–Crippen LogP) is 4.05. The number of rotatable bonds is 2. The number of anilines is 1. The molecular formula is C17H18FNO. The van der Waals surface area contributed by atoms with Crippen LogP contribution in [-0.2, 0) is 6.42 Å². The molecule has 2 aromatic rings. The molecule has 0 bridgehead atoms. The first-order chi connectivity index (χ1) is 9.65.